The fourth-order valence-corrected chi connectivity index (χ4v) is 3.41. The molecule has 0 N–H and O–H groups in total. The molecule has 3 heterocycles. The topological polar surface area (TPSA) is 57.6 Å². The first-order valence-electron chi connectivity index (χ1n) is 6.82. The van der Waals surface area contributed by atoms with Gasteiger partial charge in [0.1, 0.15) is 5.69 Å². The zero-order valence-corrected chi connectivity index (χ0v) is 14.6. The van der Waals surface area contributed by atoms with Crippen LogP contribution in [0.25, 0.3) is 27.6 Å². The second-order valence-electron chi connectivity index (χ2n) is 5.31. The van der Waals surface area contributed by atoms with Crippen molar-refractivity contribution >= 4 is 49.5 Å². The average Bonchev–Trinajstić information content (AvgIpc) is 2.97. The highest BCUT2D eigenvalue weighted by atomic mass is 79.9. The van der Waals surface area contributed by atoms with E-state index in [0.717, 1.165) is 26.4 Å². The summed E-state index contributed by atoms with van der Waals surface area (Å²) in [7, 11) is 3.48. The molecule has 4 rings (SSSR count). The molecule has 0 unspecified atom stereocenters. The van der Waals surface area contributed by atoms with Crippen LogP contribution in [-0.4, -0.2) is 23.9 Å². The lowest BCUT2D eigenvalue weighted by molar-refractivity contribution is 0.767. The summed E-state index contributed by atoms with van der Waals surface area (Å²) in [6.07, 6.45) is 3.43. The molecule has 0 saturated carbocycles. The molecular weight excluding hydrogens is 382 g/mol. The van der Waals surface area contributed by atoms with Gasteiger partial charge in [0.05, 0.1) is 28.9 Å². The smallest absolute Gasteiger partial charge is 0.293 e. The lowest BCUT2D eigenvalue weighted by Gasteiger charge is -2.04. The van der Waals surface area contributed by atoms with Crippen LogP contribution in [0.5, 0.6) is 0 Å². The summed E-state index contributed by atoms with van der Waals surface area (Å²) < 4.78 is 5.65. The molecule has 0 bridgehead atoms. The van der Waals surface area contributed by atoms with Gasteiger partial charge in [0, 0.05) is 24.0 Å². The van der Waals surface area contributed by atoms with Gasteiger partial charge < -0.3 is 0 Å². The number of hydrogen-bond donors (Lipinski definition) is 0. The quantitative estimate of drug-likeness (QED) is 0.500. The molecule has 8 heteroatoms. The first-order chi connectivity index (χ1) is 11.0. The highest BCUT2D eigenvalue weighted by Gasteiger charge is 2.19. The minimum Gasteiger partial charge on any atom is -0.293 e. The number of nitrogens with zero attached hydrogens (tertiary/aromatic N) is 5. The maximum absolute atomic E-state index is 12.8. The predicted molar refractivity (Wildman–Crippen MR) is 93.3 cm³/mol. The van der Waals surface area contributed by atoms with E-state index in [1.54, 1.807) is 40.3 Å². The Kier molecular flexibility index (Phi) is 3.11. The Labute approximate surface area is 144 Å². The summed E-state index contributed by atoms with van der Waals surface area (Å²) in [4.78, 5) is 17.2. The molecule has 4 aromatic rings. The Morgan fingerprint density at radius 1 is 1.26 bits per heavy atom. The molecule has 116 valence electrons. The molecular formula is C15H11BrClN5O. The lowest BCUT2D eigenvalue weighted by atomic mass is 10.2. The highest BCUT2D eigenvalue weighted by molar-refractivity contribution is 9.10. The van der Waals surface area contributed by atoms with E-state index in [1.807, 2.05) is 18.2 Å². The van der Waals surface area contributed by atoms with Crippen LogP contribution in [0.15, 0.2) is 39.9 Å². The Balaban J connectivity index is 2.27. The van der Waals surface area contributed by atoms with Crippen molar-refractivity contribution < 1.29 is 0 Å². The maximum Gasteiger partial charge on any atom is 0.333 e. The first-order valence-corrected chi connectivity index (χ1v) is 7.99. The second kappa shape index (κ2) is 4.94. The van der Waals surface area contributed by atoms with Gasteiger partial charge in [0.15, 0.2) is 5.15 Å². The number of rotatable bonds is 1. The van der Waals surface area contributed by atoms with Crippen LogP contribution >= 0.6 is 27.5 Å². The molecule has 0 radical (unpaired) electrons. The fourth-order valence-electron chi connectivity index (χ4n) is 2.79. The van der Waals surface area contributed by atoms with Gasteiger partial charge in [0.2, 0.25) is 0 Å². The molecule has 0 atom stereocenters. The molecule has 0 aliphatic carbocycles. The van der Waals surface area contributed by atoms with Crippen molar-refractivity contribution in [2.45, 2.75) is 0 Å². The minimum atomic E-state index is -0.191. The van der Waals surface area contributed by atoms with Gasteiger partial charge in [-0.2, -0.15) is 5.10 Å². The van der Waals surface area contributed by atoms with Gasteiger partial charge in [-0.05, 0) is 18.2 Å². The molecule has 0 saturated heterocycles. The van der Waals surface area contributed by atoms with Crippen LogP contribution < -0.4 is 5.69 Å². The standard InChI is InChI=1S/C15H11BrClN5O/c1-20-7-12(14(17)19-20)22-13-9-5-8(16)3-4-10(9)18-6-11(13)21(2)15(22)23/h3-7H,1-2H3. The second-order valence-corrected chi connectivity index (χ2v) is 6.58. The number of aromatic nitrogens is 5. The third-order valence-electron chi connectivity index (χ3n) is 3.85. The van der Waals surface area contributed by atoms with Crippen LogP contribution in [0.2, 0.25) is 5.15 Å². The summed E-state index contributed by atoms with van der Waals surface area (Å²) in [5.74, 6) is 0. The van der Waals surface area contributed by atoms with Crippen molar-refractivity contribution in [3.63, 3.8) is 0 Å². The lowest BCUT2D eigenvalue weighted by Crippen LogP contribution is -2.20. The predicted octanol–water partition coefficient (Wildman–Crippen LogP) is 3.03. The van der Waals surface area contributed by atoms with Crippen molar-refractivity contribution in [3.8, 4) is 5.69 Å². The summed E-state index contributed by atoms with van der Waals surface area (Å²) in [5.41, 5.74) is 2.67. The number of pyridine rings is 1. The number of halogens is 2. The summed E-state index contributed by atoms with van der Waals surface area (Å²) in [6.45, 7) is 0. The molecule has 0 aliphatic rings. The zero-order chi connectivity index (χ0) is 16.3. The van der Waals surface area contributed by atoms with Crippen molar-refractivity contribution in [2.24, 2.45) is 14.1 Å². The van der Waals surface area contributed by atoms with Crippen LogP contribution in [0.1, 0.15) is 0 Å². The van der Waals surface area contributed by atoms with Crippen LogP contribution in [0.3, 0.4) is 0 Å². The molecule has 0 fully saturated rings. The van der Waals surface area contributed by atoms with Crippen molar-refractivity contribution in [3.05, 3.63) is 50.7 Å². The SMILES string of the molecule is Cn1cc(-n2c(=O)n(C)c3cnc4ccc(Br)cc4c32)c(Cl)n1. The van der Waals surface area contributed by atoms with E-state index in [4.69, 9.17) is 11.6 Å². The van der Waals surface area contributed by atoms with E-state index >= 15 is 0 Å². The molecule has 0 spiro atoms. The molecule has 0 aliphatic heterocycles. The Hall–Kier alpha value is -2.12. The van der Waals surface area contributed by atoms with E-state index in [-0.39, 0.29) is 10.8 Å². The summed E-state index contributed by atoms with van der Waals surface area (Å²) in [5, 5.41) is 5.28. The number of imidazole rings is 1. The van der Waals surface area contributed by atoms with Crippen molar-refractivity contribution in [2.75, 3.05) is 0 Å². The van der Waals surface area contributed by atoms with Gasteiger partial charge in [0.25, 0.3) is 0 Å². The van der Waals surface area contributed by atoms with E-state index in [0.29, 0.717) is 5.69 Å². The van der Waals surface area contributed by atoms with E-state index in [2.05, 4.69) is 26.0 Å². The molecule has 0 amide bonds. The van der Waals surface area contributed by atoms with Crippen LogP contribution in [0, 0.1) is 0 Å². The Morgan fingerprint density at radius 2 is 2.04 bits per heavy atom. The van der Waals surface area contributed by atoms with Gasteiger partial charge in [-0.3, -0.25) is 18.8 Å². The number of hydrogen-bond acceptors (Lipinski definition) is 3. The van der Waals surface area contributed by atoms with E-state index in [1.165, 1.54) is 0 Å². The number of aryl methyl sites for hydroxylation is 2. The minimum absolute atomic E-state index is 0.191. The molecule has 3 aromatic heterocycles. The number of benzene rings is 1. The van der Waals surface area contributed by atoms with Crippen LogP contribution in [-0.2, 0) is 14.1 Å². The first kappa shape index (κ1) is 14.5. The summed E-state index contributed by atoms with van der Waals surface area (Å²) >= 11 is 9.70. The molecule has 23 heavy (non-hydrogen) atoms. The van der Waals surface area contributed by atoms with Crippen molar-refractivity contribution in [1.82, 2.24) is 23.9 Å². The van der Waals surface area contributed by atoms with Gasteiger partial charge >= 0.3 is 5.69 Å². The average molecular weight is 393 g/mol. The third-order valence-corrected chi connectivity index (χ3v) is 4.61. The Bertz CT molecular complexity index is 1140. The van der Waals surface area contributed by atoms with E-state index in [9.17, 15) is 4.79 Å². The number of fused-ring (bicyclic) bond motifs is 3. The van der Waals surface area contributed by atoms with Gasteiger partial charge in [-0.25, -0.2) is 4.79 Å². The van der Waals surface area contributed by atoms with Gasteiger partial charge in [-0.1, -0.05) is 27.5 Å². The Morgan fingerprint density at radius 3 is 2.74 bits per heavy atom. The molecule has 6 nitrogen and oxygen atoms in total. The normalized spacial score (nSPS) is 11.7. The fraction of sp³-hybridized carbons (Fsp3) is 0.133. The van der Waals surface area contributed by atoms with Gasteiger partial charge in [-0.15, -0.1) is 0 Å². The monoisotopic (exact) mass is 391 g/mol. The third kappa shape index (κ3) is 2.04. The zero-order valence-electron chi connectivity index (χ0n) is 12.3. The largest absolute Gasteiger partial charge is 0.333 e. The van der Waals surface area contributed by atoms with Crippen molar-refractivity contribution in [1.29, 1.82) is 0 Å². The van der Waals surface area contributed by atoms with Crippen LogP contribution in [0.4, 0.5) is 0 Å². The highest BCUT2D eigenvalue weighted by Crippen LogP contribution is 2.29. The maximum atomic E-state index is 12.8. The van der Waals surface area contributed by atoms with E-state index < -0.39 is 0 Å². The summed E-state index contributed by atoms with van der Waals surface area (Å²) in [6, 6.07) is 5.78. The molecule has 1 aromatic carbocycles.